The molecular weight excluding hydrogens is 212 g/mol. The number of aliphatic hydroxyl groups excluding tert-OH is 1. The summed E-state index contributed by atoms with van der Waals surface area (Å²) in [5, 5.41) is 9.12. The van der Waals surface area contributed by atoms with Crippen LogP contribution in [-0.2, 0) is 0 Å². The molecule has 0 aliphatic carbocycles. The minimum Gasteiger partial charge on any atom is -0.396 e. The van der Waals surface area contributed by atoms with Crippen molar-refractivity contribution in [2.24, 2.45) is 5.92 Å². The lowest BCUT2D eigenvalue weighted by atomic mass is 9.93. The van der Waals surface area contributed by atoms with Gasteiger partial charge in [-0.3, -0.25) is 4.79 Å². The fraction of sp³-hybridized carbons (Fsp3) is 0.533. The molecule has 17 heavy (non-hydrogen) atoms. The lowest BCUT2D eigenvalue weighted by molar-refractivity contribution is 0.0856. The molecule has 94 valence electrons. The normalized spacial score (nSPS) is 14.4. The summed E-state index contributed by atoms with van der Waals surface area (Å²) >= 11 is 0. The van der Waals surface area contributed by atoms with E-state index in [0.29, 0.717) is 17.9 Å². The number of rotatable bonds is 6. The van der Waals surface area contributed by atoms with Gasteiger partial charge in [-0.05, 0) is 24.3 Å². The predicted octanol–water partition coefficient (Wildman–Crippen LogP) is 3.40. The summed E-state index contributed by atoms with van der Waals surface area (Å²) in [6.45, 7) is 6.19. The number of aliphatic hydroxyl groups is 1. The average molecular weight is 234 g/mol. The maximum Gasteiger partial charge on any atom is 0.168 e. The first-order chi connectivity index (χ1) is 8.13. The Morgan fingerprint density at radius 2 is 1.76 bits per heavy atom. The standard InChI is InChI=1S/C15H22O2/c1-4-11(3)13-6-8-14(9-7-13)15(17)12(5-2)10-16/h6-9,11-12,16H,4-5,10H2,1-3H3. The van der Waals surface area contributed by atoms with E-state index in [9.17, 15) is 4.79 Å². The van der Waals surface area contributed by atoms with Crippen LogP contribution in [0, 0.1) is 5.92 Å². The number of ketones is 1. The van der Waals surface area contributed by atoms with E-state index in [1.54, 1.807) is 0 Å². The third-order valence-electron chi connectivity index (χ3n) is 3.46. The zero-order valence-electron chi connectivity index (χ0n) is 10.9. The average Bonchev–Trinajstić information content (AvgIpc) is 2.39. The van der Waals surface area contributed by atoms with Gasteiger partial charge in [0.2, 0.25) is 0 Å². The second-order valence-corrected chi connectivity index (χ2v) is 4.58. The Balaban J connectivity index is 2.83. The van der Waals surface area contributed by atoms with Gasteiger partial charge in [0.1, 0.15) is 0 Å². The van der Waals surface area contributed by atoms with Crippen molar-refractivity contribution >= 4 is 5.78 Å². The van der Waals surface area contributed by atoms with E-state index in [-0.39, 0.29) is 18.3 Å². The minimum absolute atomic E-state index is 0.0469. The van der Waals surface area contributed by atoms with Crippen LogP contribution in [0.2, 0.25) is 0 Å². The molecule has 1 aromatic carbocycles. The first kappa shape index (κ1) is 13.9. The fourth-order valence-electron chi connectivity index (χ4n) is 1.84. The highest BCUT2D eigenvalue weighted by atomic mass is 16.3. The van der Waals surface area contributed by atoms with Gasteiger partial charge in [-0.1, -0.05) is 45.0 Å². The van der Waals surface area contributed by atoms with Crippen LogP contribution in [0.3, 0.4) is 0 Å². The number of benzene rings is 1. The van der Waals surface area contributed by atoms with Crippen molar-refractivity contribution < 1.29 is 9.90 Å². The fourth-order valence-corrected chi connectivity index (χ4v) is 1.84. The molecule has 0 spiro atoms. The third kappa shape index (κ3) is 3.40. The molecule has 2 heteroatoms. The van der Waals surface area contributed by atoms with Gasteiger partial charge in [0.05, 0.1) is 6.61 Å². The number of hydrogen-bond donors (Lipinski definition) is 1. The predicted molar refractivity (Wildman–Crippen MR) is 70.3 cm³/mol. The third-order valence-corrected chi connectivity index (χ3v) is 3.46. The number of carbonyl (C=O) groups is 1. The summed E-state index contributed by atoms with van der Waals surface area (Å²) in [6, 6.07) is 7.79. The number of carbonyl (C=O) groups excluding carboxylic acids is 1. The molecule has 0 aliphatic rings. The van der Waals surface area contributed by atoms with Crippen LogP contribution in [-0.4, -0.2) is 17.5 Å². The molecule has 2 atom stereocenters. The van der Waals surface area contributed by atoms with E-state index in [4.69, 9.17) is 5.11 Å². The molecule has 0 aliphatic heterocycles. The molecule has 0 saturated carbocycles. The molecule has 0 heterocycles. The van der Waals surface area contributed by atoms with Crippen LogP contribution in [0.1, 0.15) is 55.5 Å². The van der Waals surface area contributed by atoms with Gasteiger partial charge in [0.15, 0.2) is 5.78 Å². The lowest BCUT2D eigenvalue weighted by Gasteiger charge is -2.12. The van der Waals surface area contributed by atoms with Crippen molar-refractivity contribution in [3.05, 3.63) is 35.4 Å². The summed E-state index contributed by atoms with van der Waals surface area (Å²) < 4.78 is 0. The quantitative estimate of drug-likeness (QED) is 0.766. The van der Waals surface area contributed by atoms with E-state index < -0.39 is 0 Å². The van der Waals surface area contributed by atoms with Gasteiger partial charge in [0.25, 0.3) is 0 Å². The van der Waals surface area contributed by atoms with Gasteiger partial charge >= 0.3 is 0 Å². The van der Waals surface area contributed by atoms with Crippen LogP contribution < -0.4 is 0 Å². The summed E-state index contributed by atoms with van der Waals surface area (Å²) in [5.41, 5.74) is 1.97. The van der Waals surface area contributed by atoms with E-state index in [1.807, 2.05) is 31.2 Å². The number of Topliss-reactive ketones (excluding diaryl/α,β-unsaturated/α-hetero) is 1. The molecule has 2 unspecified atom stereocenters. The van der Waals surface area contributed by atoms with Crippen LogP contribution in [0.4, 0.5) is 0 Å². The van der Waals surface area contributed by atoms with Crippen molar-refractivity contribution in [1.82, 2.24) is 0 Å². The Kier molecular flexibility index (Phi) is 5.36. The zero-order valence-corrected chi connectivity index (χ0v) is 10.9. The summed E-state index contributed by atoms with van der Waals surface area (Å²) in [5.74, 6) is 0.314. The second kappa shape index (κ2) is 6.55. The van der Waals surface area contributed by atoms with Gasteiger partial charge in [-0.15, -0.1) is 0 Å². The zero-order chi connectivity index (χ0) is 12.8. The Hall–Kier alpha value is -1.15. The molecule has 1 rings (SSSR count). The maximum absolute atomic E-state index is 12.0. The molecule has 0 radical (unpaired) electrons. The Labute approximate surface area is 104 Å². The summed E-state index contributed by atoms with van der Waals surface area (Å²) in [6.07, 6.45) is 1.78. The first-order valence-corrected chi connectivity index (χ1v) is 6.39. The molecule has 2 nitrogen and oxygen atoms in total. The van der Waals surface area contributed by atoms with Gasteiger partial charge in [-0.25, -0.2) is 0 Å². The monoisotopic (exact) mass is 234 g/mol. The molecule has 0 fully saturated rings. The topological polar surface area (TPSA) is 37.3 Å². The maximum atomic E-state index is 12.0. The van der Waals surface area contributed by atoms with Crippen molar-refractivity contribution in [3.8, 4) is 0 Å². The molecule has 0 bridgehead atoms. The summed E-state index contributed by atoms with van der Waals surface area (Å²) in [4.78, 5) is 12.0. The Morgan fingerprint density at radius 1 is 1.18 bits per heavy atom. The highest BCUT2D eigenvalue weighted by molar-refractivity contribution is 5.97. The molecular formula is C15H22O2. The Morgan fingerprint density at radius 3 is 2.18 bits per heavy atom. The molecule has 0 aromatic heterocycles. The minimum atomic E-state index is -0.260. The molecule has 0 amide bonds. The molecule has 1 N–H and O–H groups in total. The number of hydrogen-bond acceptors (Lipinski definition) is 2. The van der Waals surface area contributed by atoms with E-state index in [0.717, 1.165) is 6.42 Å². The highest BCUT2D eigenvalue weighted by Crippen LogP contribution is 2.20. The lowest BCUT2D eigenvalue weighted by Crippen LogP contribution is -2.17. The van der Waals surface area contributed by atoms with Crippen LogP contribution in [0.15, 0.2) is 24.3 Å². The molecule has 1 aromatic rings. The smallest absolute Gasteiger partial charge is 0.168 e. The van der Waals surface area contributed by atoms with Crippen LogP contribution in [0.25, 0.3) is 0 Å². The van der Waals surface area contributed by atoms with E-state index in [1.165, 1.54) is 5.56 Å². The first-order valence-electron chi connectivity index (χ1n) is 6.39. The Bertz CT molecular complexity index is 350. The van der Waals surface area contributed by atoms with Crippen molar-refractivity contribution in [1.29, 1.82) is 0 Å². The largest absolute Gasteiger partial charge is 0.396 e. The van der Waals surface area contributed by atoms with Crippen molar-refractivity contribution in [2.45, 2.75) is 39.5 Å². The van der Waals surface area contributed by atoms with E-state index in [2.05, 4.69) is 13.8 Å². The second-order valence-electron chi connectivity index (χ2n) is 4.58. The SMILES string of the molecule is CCC(CO)C(=O)c1ccc(C(C)CC)cc1. The van der Waals surface area contributed by atoms with Gasteiger partial charge < -0.3 is 5.11 Å². The van der Waals surface area contributed by atoms with E-state index >= 15 is 0 Å². The van der Waals surface area contributed by atoms with Crippen molar-refractivity contribution in [2.75, 3.05) is 6.61 Å². The molecule has 0 saturated heterocycles. The van der Waals surface area contributed by atoms with Gasteiger partial charge in [-0.2, -0.15) is 0 Å². The van der Waals surface area contributed by atoms with Crippen molar-refractivity contribution in [3.63, 3.8) is 0 Å². The highest BCUT2D eigenvalue weighted by Gasteiger charge is 2.17. The van der Waals surface area contributed by atoms with Crippen LogP contribution in [0.5, 0.6) is 0 Å². The summed E-state index contributed by atoms with van der Waals surface area (Å²) in [7, 11) is 0. The van der Waals surface area contributed by atoms with Gasteiger partial charge in [0, 0.05) is 11.5 Å². The van der Waals surface area contributed by atoms with Crippen LogP contribution >= 0.6 is 0 Å².